The monoisotopic (exact) mass is 243 g/mol. The minimum absolute atomic E-state index is 0.0347. The molecule has 0 spiro atoms. The summed E-state index contributed by atoms with van der Waals surface area (Å²) in [6.45, 7) is 10.2. The van der Waals surface area contributed by atoms with Gasteiger partial charge in [0.15, 0.2) is 0 Å². The summed E-state index contributed by atoms with van der Waals surface area (Å²) in [6.07, 6.45) is 0.397. The fraction of sp³-hybridized carbons (Fsp3) is 0.917. The average Bonchev–Trinajstić information content (AvgIpc) is 2.14. The van der Waals surface area contributed by atoms with Gasteiger partial charge in [0, 0.05) is 38.6 Å². The van der Waals surface area contributed by atoms with Crippen molar-refractivity contribution in [1.82, 2.24) is 10.2 Å². The van der Waals surface area contributed by atoms with Crippen LogP contribution < -0.4 is 11.1 Å². The fourth-order valence-corrected chi connectivity index (χ4v) is 2.02. The van der Waals surface area contributed by atoms with Gasteiger partial charge in [0.1, 0.15) is 0 Å². The summed E-state index contributed by atoms with van der Waals surface area (Å²) in [4.78, 5) is 13.7. The van der Waals surface area contributed by atoms with E-state index >= 15 is 0 Å². The summed E-state index contributed by atoms with van der Waals surface area (Å²) in [5, 5.41) is 2.89. The number of hydrogen-bond acceptors (Lipinski definition) is 4. The molecule has 17 heavy (non-hydrogen) atoms. The van der Waals surface area contributed by atoms with E-state index in [1.54, 1.807) is 0 Å². The molecular formula is C12H25N3O2. The molecule has 5 heteroatoms. The first-order valence-electron chi connectivity index (χ1n) is 6.28. The maximum absolute atomic E-state index is 11.4. The minimum atomic E-state index is -0.0754. The highest BCUT2D eigenvalue weighted by Gasteiger charge is 2.26. The van der Waals surface area contributed by atoms with Crippen molar-refractivity contribution in [2.45, 2.75) is 38.8 Å². The number of morpholine rings is 1. The van der Waals surface area contributed by atoms with Crippen molar-refractivity contribution in [3.05, 3.63) is 0 Å². The molecule has 0 radical (unpaired) electrons. The molecule has 100 valence electrons. The molecule has 0 aromatic heterocycles. The van der Waals surface area contributed by atoms with Gasteiger partial charge in [0.05, 0.1) is 12.2 Å². The van der Waals surface area contributed by atoms with Crippen molar-refractivity contribution in [2.24, 2.45) is 5.73 Å². The predicted octanol–water partition coefficient (Wildman–Crippen LogP) is -0.0493. The lowest BCUT2D eigenvalue weighted by atomic mass is 10.1. The highest BCUT2D eigenvalue weighted by molar-refractivity contribution is 5.76. The van der Waals surface area contributed by atoms with Gasteiger partial charge in [-0.25, -0.2) is 0 Å². The quantitative estimate of drug-likeness (QED) is 0.710. The highest BCUT2D eigenvalue weighted by atomic mass is 16.5. The normalized spacial score (nSPS) is 22.1. The van der Waals surface area contributed by atoms with E-state index in [1.807, 2.05) is 6.92 Å². The molecule has 0 aliphatic carbocycles. The molecular weight excluding hydrogens is 218 g/mol. The lowest BCUT2D eigenvalue weighted by Crippen LogP contribution is -2.50. The second kappa shape index (κ2) is 6.33. The van der Waals surface area contributed by atoms with Gasteiger partial charge in [-0.2, -0.15) is 0 Å². The van der Waals surface area contributed by atoms with E-state index in [0.717, 1.165) is 26.2 Å². The van der Waals surface area contributed by atoms with Crippen molar-refractivity contribution < 1.29 is 9.53 Å². The van der Waals surface area contributed by atoms with Gasteiger partial charge in [-0.15, -0.1) is 0 Å². The Bertz CT molecular complexity index is 254. The first-order chi connectivity index (χ1) is 7.89. The molecule has 1 rings (SSSR count). The number of amides is 1. The number of carbonyl (C=O) groups is 1. The van der Waals surface area contributed by atoms with E-state index in [2.05, 4.69) is 24.1 Å². The summed E-state index contributed by atoms with van der Waals surface area (Å²) in [5.74, 6) is 0.0347. The van der Waals surface area contributed by atoms with Gasteiger partial charge in [-0.3, -0.25) is 9.69 Å². The molecule has 1 unspecified atom stereocenters. The minimum Gasteiger partial charge on any atom is -0.373 e. The molecule has 5 nitrogen and oxygen atoms in total. The third-order valence-corrected chi connectivity index (χ3v) is 2.76. The van der Waals surface area contributed by atoms with Gasteiger partial charge in [0.2, 0.25) is 5.91 Å². The fourth-order valence-electron chi connectivity index (χ4n) is 2.02. The zero-order valence-electron chi connectivity index (χ0n) is 11.2. The van der Waals surface area contributed by atoms with Crippen molar-refractivity contribution in [2.75, 3.05) is 32.8 Å². The Morgan fingerprint density at radius 3 is 2.88 bits per heavy atom. The van der Waals surface area contributed by atoms with Crippen LogP contribution in [0.3, 0.4) is 0 Å². The van der Waals surface area contributed by atoms with Crippen LogP contribution in [0.5, 0.6) is 0 Å². The summed E-state index contributed by atoms with van der Waals surface area (Å²) in [7, 11) is 0. The van der Waals surface area contributed by atoms with E-state index in [0.29, 0.717) is 13.0 Å². The first kappa shape index (κ1) is 14.4. The molecule has 1 aliphatic rings. The number of nitrogens with one attached hydrogen (secondary N) is 1. The molecule has 3 N–H and O–H groups in total. The lowest BCUT2D eigenvalue weighted by molar-refractivity contribution is -0.121. The van der Waals surface area contributed by atoms with Crippen molar-refractivity contribution in [3.8, 4) is 0 Å². The molecule has 1 fully saturated rings. The molecule has 0 aromatic rings. The van der Waals surface area contributed by atoms with Gasteiger partial charge < -0.3 is 15.8 Å². The Balaban J connectivity index is 2.16. The molecule has 1 heterocycles. The Kier molecular flexibility index (Phi) is 5.36. The first-order valence-corrected chi connectivity index (χ1v) is 6.28. The molecule has 1 aliphatic heterocycles. The maximum atomic E-state index is 11.4. The van der Waals surface area contributed by atoms with Crippen LogP contribution in [0.15, 0.2) is 0 Å². The van der Waals surface area contributed by atoms with Gasteiger partial charge in [0.25, 0.3) is 0 Å². The topological polar surface area (TPSA) is 67.6 Å². The second-order valence-corrected chi connectivity index (χ2v) is 5.42. The number of hydrogen-bond donors (Lipinski definition) is 2. The third-order valence-electron chi connectivity index (χ3n) is 2.76. The van der Waals surface area contributed by atoms with Crippen molar-refractivity contribution >= 4 is 5.91 Å². The SMILES string of the molecule is CC(N)CC(=O)NCCN1CCOC(C)(C)C1. The third kappa shape index (κ3) is 6.00. The zero-order valence-corrected chi connectivity index (χ0v) is 11.2. The Morgan fingerprint density at radius 2 is 2.29 bits per heavy atom. The predicted molar refractivity (Wildman–Crippen MR) is 67.7 cm³/mol. The van der Waals surface area contributed by atoms with Gasteiger partial charge >= 0.3 is 0 Å². The summed E-state index contributed by atoms with van der Waals surface area (Å²) < 4.78 is 5.63. The molecule has 1 saturated heterocycles. The molecule has 1 amide bonds. The molecule has 0 aromatic carbocycles. The van der Waals surface area contributed by atoms with Crippen LogP contribution in [0.4, 0.5) is 0 Å². The summed E-state index contributed by atoms with van der Waals surface area (Å²) in [5.41, 5.74) is 5.48. The van der Waals surface area contributed by atoms with E-state index in [-0.39, 0.29) is 17.6 Å². The van der Waals surface area contributed by atoms with Crippen molar-refractivity contribution in [1.29, 1.82) is 0 Å². The average molecular weight is 243 g/mol. The molecule has 1 atom stereocenters. The Hall–Kier alpha value is -0.650. The van der Waals surface area contributed by atoms with Crippen LogP contribution in [0.2, 0.25) is 0 Å². The molecule has 0 bridgehead atoms. The highest BCUT2D eigenvalue weighted by Crippen LogP contribution is 2.15. The maximum Gasteiger partial charge on any atom is 0.221 e. The smallest absolute Gasteiger partial charge is 0.221 e. The van der Waals surface area contributed by atoms with Crippen LogP contribution in [0.25, 0.3) is 0 Å². The van der Waals surface area contributed by atoms with Gasteiger partial charge in [-0.1, -0.05) is 0 Å². The summed E-state index contributed by atoms with van der Waals surface area (Å²) in [6, 6.07) is -0.0719. The van der Waals surface area contributed by atoms with Crippen LogP contribution in [-0.2, 0) is 9.53 Å². The summed E-state index contributed by atoms with van der Waals surface area (Å²) >= 11 is 0. The van der Waals surface area contributed by atoms with Crippen LogP contribution in [0, 0.1) is 0 Å². The van der Waals surface area contributed by atoms with Crippen LogP contribution >= 0.6 is 0 Å². The van der Waals surface area contributed by atoms with Gasteiger partial charge in [-0.05, 0) is 20.8 Å². The Morgan fingerprint density at radius 1 is 1.59 bits per heavy atom. The number of carbonyl (C=O) groups excluding carboxylic acids is 1. The largest absolute Gasteiger partial charge is 0.373 e. The zero-order chi connectivity index (χ0) is 12.9. The van der Waals surface area contributed by atoms with Crippen LogP contribution in [-0.4, -0.2) is 55.2 Å². The number of nitrogens with zero attached hydrogens (tertiary/aromatic N) is 1. The number of nitrogens with two attached hydrogens (primary N) is 1. The van der Waals surface area contributed by atoms with E-state index in [9.17, 15) is 4.79 Å². The standard InChI is InChI=1S/C12H25N3O2/c1-10(13)8-11(16)14-4-5-15-6-7-17-12(2,3)9-15/h10H,4-9,13H2,1-3H3,(H,14,16). The lowest BCUT2D eigenvalue weighted by Gasteiger charge is -2.38. The van der Waals surface area contributed by atoms with E-state index in [4.69, 9.17) is 10.5 Å². The number of ether oxygens (including phenoxy) is 1. The Labute approximate surface area is 104 Å². The number of rotatable bonds is 5. The van der Waals surface area contributed by atoms with E-state index < -0.39 is 0 Å². The second-order valence-electron chi connectivity index (χ2n) is 5.42. The molecule has 0 saturated carbocycles. The van der Waals surface area contributed by atoms with Crippen molar-refractivity contribution in [3.63, 3.8) is 0 Å². The van der Waals surface area contributed by atoms with E-state index in [1.165, 1.54) is 0 Å². The van der Waals surface area contributed by atoms with Crippen LogP contribution in [0.1, 0.15) is 27.2 Å².